The van der Waals surface area contributed by atoms with Crippen LogP contribution >= 0.6 is 46.4 Å². The molecule has 0 spiro atoms. The topological polar surface area (TPSA) is 37.3 Å². The Morgan fingerprint density at radius 1 is 1.36 bits per heavy atom. The van der Waals surface area contributed by atoms with Crippen molar-refractivity contribution in [2.24, 2.45) is 0 Å². The van der Waals surface area contributed by atoms with E-state index in [1.807, 2.05) is 0 Å². The number of alkyl halides is 4. The summed E-state index contributed by atoms with van der Waals surface area (Å²) in [5.41, 5.74) is -0.189. The van der Waals surface area contributed by atoms with Crippen molar-refractivity contribution in [3.63, 3.8) is 0 Å². The Balaban J connectivity index is 3.01. The quantitative estimate of drug-likeness (QED) is 0.709. The predicted molar refractivity (Wildman–Crippen MR) is 44.6 cm³/mol. The maximum Gasteiger partial charge on any atom is 0.334 e. The van der Waals surface area contributed by atoms with Gasteiger partial charge in [0, 0.05) is 0 Å². The second-order valence-corrected chi connectivity index (χ2v) is 4.77. The van der Waals surface area contributed by atoms with Crippen LogP contribution in [0.15, 0.2) is 11.6 Å². The van der Waals surface area contributed by atoms with E-state index >= 15 is 0 Å². The smallest absolute Gasteiger partial charge is 0.334 e. The number of allylic oxidation sites excluding steroid dienone is 1. The molecule has 0 atom stereocenters. The number of carboxylic acid groups (broad SMARTS) is 1. The number of halogens is 4. The van der Waals surface area contributed by atoms with Gasteiger partial charge in [0.25, 0.3) is 0 Å². The molecule has 1 aliphatic rings. The van der Waals surface area contributed by atoms with Crippen LogP contribution in [0, 0.1) is 0 Å². The van der Waals surface area contributed by atoms with Gasteiger partial charge in [0.2, 0.25) is 0 Å². The Kier molecular flexibility index (Phi) is 2.09. The van der Waals surface area contributed by atoms with Gasteiger partial charge in [-0.1, -0.05) is 46.4 Å². The van der Waals surface area contributed by atoms with E-state index in [9.17, 15) is 4.79 Å². The van der Waals surface area contributed by atoms with E-state index in [2.05, 4.69) is 0 Å². The molecule has 0 aromatic heterocycles. The van der Waals surface area contributed by atoms with Gasteiger partial charge in [-0.15, -0.1) is 0 Å². The minimum absolute atomic E-state index is 0.189. The summed E-state index contributed by atoms with van der Waals surface area (Å²) < 4.78 is -3.20. The Hall–Kier alpha value is 0.370. The number of rotatable bonds is 1. The zero-order chi connectivity index (χ0) is 8.86. The summed E-state index contributed by atoms with van der Waals surface area (Å²) in [5, 5.41) is 8.45. The van der Waals surface area contributed by atoms with E-state index in [-0.39, 0.29) is 5.57 Å². The third-order valence-electron chi connectivity index (χ3n) is 1.31. The van der Waals surface area contributed by atoms with E-state index in [1.54, 1.807) is 0 Å². The highest BCUT2D eigenvalue weighted by atomic mass is 35.5. The Morgan fingerprint density at radius 2 is 1.82 bits per heavy atom. The Bertz CT molecular complexity index is 243. The molecule has 0 radical (unpaired) electrons. The molecule has 1 N–H and O–H groups in total. The van der Waals surface area contributed by atoms with Gasteiger partial charge in [-0.25, -0.2) is 4.79 Å². The van der Waals surface area contributed by atoms with Crippen LogP contribution in [0.3, 0.4) is 0 Å². The lowest BCUT2D eigenvalue weighted by Gasteiger charge is -2.39. The van der Waals surface area contributed by atoms with Crippen molar-refractivity contribution in [3.05, 3.63) is 11.6 Å². The van der Waals surface area contributed by atoms with Crippen LogP contribution in [0.25, 0.3) is 0 Å². The van der Waals surface area contributed by atoms with Gasteiger partial charge in [0.15, 0.2) is 8.67 Å². The molecule has 1 aliphatic carbocycles. The summed E-state index contributed by atoms with van der Waals surface area (Å²) in [6.07, 6.45) is 1.10. The number of aliphatic carboxylic acids is 1. The van der Waals surface area contributed by atoms with Crippen molar-refractivity contribution >= 4 is 52.4 Å². The lowest BCUT2D eigenvalue weighted by Crippen LogP contribution is -2.48. The lowest BCUT2D eigenvalue weighted by molar-refractivity contribution is -0.133. The third kappa shape index (κ3) is 1.22. The van der Waals surface area contributed by atoms with E-state index in [1.165, 1.54) is 0 Å². The Morgan fingerprint density at radius 3 is 1.91 bits per heavy atom. The third-order valence-corrected chi connectivity index (χ3v) is 3.49. The molecule has 0 amide bonds. The second kappa shape index (κ2) is 2.43. The summed E-state index contributed by atoms with van der Waals surface area (Å²) in [5.74, 6) is -1.22. The fourth-order valence-corrected chi connectivity index (χ4v) is 1.46. The molecule has 6 heteroatoms. The Labute approximate surface area is 82.7 Å². The summed E-state index contributed by atoms with van der Waals surface area (Å²) >= 11 is 22.0. The average Bonchev–Trinajstić information content (AvgIpc) is 1.82. The van der Waals surface area contributed by atoms with Crippen LogP contribution in [-0.2, 0) is 4.79 Å². The molecule has 62 valence electrons. The van der Waals surface area contributed by atoms with Crippen LogP contribution in [-0.4, -0.2) is 19.7 Å². The van der Waals surface area contributed by atoms with Crippen molar-refractivity contribution in [3.8, 4) is 0 Å². The summed E-state index contributed by atoms with van der Waals surface area (Å²) in [7, 11) is 0. The summed E-state index contributed by atoms with van der Waals surface area (Å²) in [4.78, 5) is 10.3. The second-order valence-electron chi connectivity index (χ2n) is 2.06. The zero-order valence-corrected chi connectivity index (χ0v) is 7.97. The number of hydrogen-bond acceptors (Lipinski definition) is 1. The minimum Gasteiger partial charge on any atom is -0.478 e. The van der Waals surface area contributed by atoms with Gasteiger partial charge < -0.3 is 5.11 Å². The van der Waals surface area contributed by atoms with Gasteiger partial charge in [-0.05, 0) is 6.08 Å². The molecule has 0 saturated heterocycles. The molecule has 0 aliphatic heterocycles. The van der Waals surface area contributed by atoms with Gasteiger partial charge in [-0.2, -0.15) is 0 Å². The van der Waals surface area contributed by atoms with Gasteiger partial charge in [0.1, 0.15) is 0 Å². The SMILES string of the molecule is O=C(O)C1=CC(Cl)(Cl)C1(Cl)Cl. The molecule has 0 fully saturated rings. The average molecular weight is 236 g/mol. The maximum absolute atomic E-state index is 10.3. The van der Waals surface area contributed by atoms with E-state index in [0.717, 1.165) is 6.08 Å². The van der Waals surface area contributed by atoms with E-state index in [4.69, 9.17) is 51.5 Å². The molecule has 0 aromatic carbocycles. The highest BCUT2D eigenvalue weighted by Gasteiger charge is 2.59. The van der Waals surface area contributed by atoms with Crippen molar-refractivity contribution in [1.82, 2.24) is 0 Å². The van der Waals surface area contributed by atoms with Crippen molar-refractivity contribution in [2.45, 2.75) is 8.67 Å². The molecular weight excluding hydrogens is 234 g/mol. The van der Waals surface area contributed by atoms with Gasteiger partial charge >= 0.3 is 5.97 Å². The highest BCUT2D eigenvalue weighted by Crippen LogP contribution is 2.56. The van der Waals surface area contributed by atoms with Gasteiger partial charge in [0.05, 0.1) is 5.57 Å². The fraction of sp³-hybridized carbons (Fsp3) is 0.400. The molecule has 0 unspecified atom stereocenters. The summed E-state index contributed by atoms with van der Waals surface area (Å²) in [6.45, 7) is 0. The van der Waals surface area contributed by atoms with Crippen LogP contribution in [0.2, 0.25) is 0 Å². The summed E-state index contributed by atoms with van der Waals surface area (Å²) in [6, 6.07) is 0. The van der Waals surface area contributed by atoms with Crippen LogP contribution in [0.5, 0.6) is 0 Å². The normalized spacial score (nSPS) is 25.3. The monoisotopic (exact) mass is 234 g/mol. The predicted octanol–water partition coefficient (Wildman–Crippen LogP) is 2.36. The molecule has 11 heavy (non-hydrogen) atoms. The standard InChI is InChI=1S/C5H2Cl4O2/c6-4(7)1-2(3(10)11)5(4,8)9/h1H,(H,10,11). The molecule has 1 rings (SSSR count). The van der Waals surface area contributed by atoms with E-state index in [0.29, 0.717) is 0 Å². The maximum atomic E-state index is 10.3. The first-order valence-electron chi connectivity index (χ1n) is 2.51. The largest absolute Gasteiger partial charge is 0.478 e. The molecular formula is C5H2Cl4O2. The zero-order valence-electron chi connectivity index (χ0n) is 4.94. The fourth-order valence-electron chi connectivity index (χ4n) is 0.660. The number of carbonyl (C=O) groups is 1. The van der Waals surface area contributed by atoms with Crippen LogP contribution < -0.4 is 0 Å². The molecule has 0 aromatic rings. The van der Waals surface area contributed by atoms with Gasteiger partial charge in [-0.3, -0.25) is 0 Å². The molecule has 0 bridgehead atoms. The highest BCUT2D eigenvalue weighted by molar-refractivity contribution is 6.67. The lowest BCUT2D eigenvalue weighted by atomic mass is 9.96. The minimum atomic E-state index is -1.71. The van der Waals surface area contributed by atoms with Crippen molar-refractivity contribution < 1.29 is 9.90 Å². The molecule has 0 heterocycles. The van der Waals surface area contributed by atoms with Crippen molar-refractivity contribution in [1.29, 1.82) is 0 Å². The van der Waals surface area contributed by atoms with E-state index < -0.39 is 14.6 Å². The van der Waals surface area contributed by atoms with Crippen LogP contribution in [0.4, 0.5) is 0 Å². The molecule has 0 saturated carbocycles. The van der Waals surface area contributed by atoms with Crippen LogP contribution in [0.1, 0.15) is 0 Å². The number of carboxylic acids is 1. The number of hydrogen-bond donors (Lipinski definition) is 1. The first kappa shape index (κ1) is 9.46. The first-order valence-corrected chi connectivity index (χ1v) is 4.02. The first-order chi connectivity index (χ1) is 4.79. The van der Waals surface area contributed by atoms with Crippen molar-refractivity contribution in [2.75, 3.05) is 0 Å². The molecule has 2 nitrogen and oxygen atoms in total.